The van der Waals surface area contributed by atoms with Crippen LogP contribution in [0.1, 0.15) is 54.4 Å². The molecule has 0 spiro atoms. The minimum Gasteiger partial charge on any atom is -0.365 e. The molecule has 6 heteroatoms. The zero-order chi connectivity index (χ0) is 20.2. The van der Waals surface area contributed by atoms with E-state index in [9.17, 15) is 9.59 Å². The van der Waals surface area contributed by atoms with Gasteiger partial charge in [0, 0.05) is 24.7 Å². The maximum Gasteiger partial charge on any atom is 0.253 e. The summed E-state index contributed by atoms with van der Waals surface area (Å²) in [5.41, 5.74) is 1.89. The Morgan fingerprint density at radius 1 is 1.00 bits per heavy atom. The van der Waals surface area contributed by atoms with Gasteiger partial charge in [-0.3, -0.25) is 9.59 Å². The SMILES string of the molecule is Cc1ccc(C(=O)N2CCC(NC(=O)C3CCC(C4CCNCC4)O3)CC2)cc1. The molecule has 2 atom stereocenters. The quantitative estimate of drug-likeness (QED) is 0.815. The predicted molar refractivity (Wildman–Crippen MR) is 112 cm³/mol. The number of hydrogen-bond donors (Lipinski definition) is 2. The highest BCUT2D eigenvalue weighted by Crippen LogP contribution is 2.30. The van der Waals surface area contributed by atoms with Gasteiger partial charge in [-0.15, -0.1) is 0 Å². The number of aryl methyl sites for hydroxylation is 1. The summed E-state index contributed by atoms with van der Waals surface area (Å²) in [5.74, 6) is 0.702. The Balaban J connectivity index is 1.22. The first kappa shape index (κ1) is 20.4. The molecule has 3 saturated heterocycles. The molecule has 2 unspecified atom stereocenters. The van der Waals surface area contributed by atoms with Crippen molar-refractivity contribution in [3.63, 3.8) is 0 Å². The van der Waals surface area contributed by atoms with Crippen LogP contribution in [0.3, 0.4) is 0 Å². The van der Waals surface area contributed by atoms with Crippen LogP contribution in [0, 0.1) is 12.8 Å². The summed E-state index contributed by atoms with van der Waals surface area (Å²) < 4.78 is 6.13. The van der Waals surface area contributed by atoms with Crippen molar-refractivity contribution in [3.05, 3.63) is 35.4 Å². The van der Waals surface area contributed by atoms with Crippen molar-refractivity contribution < 1.29 is 14.3 Å². The molecule has 3 heterocycles. The highest BCUT2D eigenvalue weighted by atomic mass is 16.5. The van der Waals surface area contributed by atoms with E-state index in [4.69, 9.17) is 4.74 Å². The normalized spacial score (nSPS) is 26.4. The molecular formula is C23H33N3O3. The third-order valence-electron chi connectivity index (χ3n) is 6.68. The van der Waals surface area contributed by atoms with E-state index in [0.717, 1.165) is 62.7 Å². The molecule has 0 aliphatic carbocycles. The zero-order valence-corrected chi connectivity index (χ0v) is 17.4. The number of nitrogens with one attached hydrogen (secondary N) is 2. The van der Waals surface area contributed by atoms with Crippen molar-refractivity contribution in [2.24, 2.45) is 5.92 Å². The summed E-state index contributed by atoms with van der Waals surface area (Å²) in [5, 5.41) is 6.56. The monoisotopic (exact) mass is 399 g/mol. The van der Waals surface area contributed by atoms with Crippen LogP contribution in [-0.4, -0.2) is 61.1 Å². The smallest absolute Gasteiger partial charge is 0.253 e. The van der Waals surface area contributed by atoms with Crippen molar-refractivity contribution in [1.29, 1.82) is 0 Å². The van der Waals surface area contributed by atoms with Crippen molar-refractivity contribution in [2.75, 3.05) is 26.2 Å². The molecular weight excluding hydrogens is 366 g/mol. The number of piperidine rings is 2. The topological polar surface area (TPSA) is 70.7 Å². The molecule has 0 saturated carbocycles. The van der Waals surface area contributed by atoms with Gasteiger partial charge in [-0.05, 0) is 76.6 Å². The maximum atomic E-state index is 12.7. The molecule has 158 valence electrons. The Bertz CT molecular complexity index is 707. The molecule has 3 aliphatic heterocycles. The first-order chi connectivity index (χ1) is 14.1. The Labute approximate surface area is 173 Å². The molecule has 0 bridgehead atoms. The number of hydrogen-bond acceptors (Lipinski definition) is 4. The summed E-state index contributed by atoms with van der Waals surface area (Å²) in [4.78, 5) is 27.2. The molecule has 1 aromatic rings. The van der Waals surface area contributed by atoms with Crippen LogP contribution in [0.2, 0.25) is 0 Å². The van der Waals surface area contributed by atoms with E-state index in [-0.39, 0.29) is 30.1 Å². The summed E-state index contributed by atoms with van der Waals surface area (Å²) in [6, 6.07) is 7.85. The molecule has 0 aromatic heterocycles. The standard InChI is InChI=1S/C23H33N3O3/c1-16-2-4-18(5-3-16)23(28)26-14-10-19(11-15-26)25-22(27)21-7-6-20(29-21)17-8-12-24-13-9-17/h2-5,17,19-21,24H,6-15H2,1H3,(H,25,27). The highest BCUT2D eigenvalue weighted by Gasteiger charge is 2.36. The minimum absolute atomic E-state index is 0.0322. The van der Waals surface area contributed by atoms with E-state index in [0.29, 0.717) is 19.0 Å². The number of carbonyl (C=O) groups excluding carboxylic acids is 2. The van der Waals surface area contributed by atoms with Gasteiger partial charge in [-0.1, -0.05) is 17.7 Å². The first-order valence-electron chi connectivity index (χ1n) is 11.1. The van der Waals surface area contributed by atoms with E-state index in [1.807, 2.05) is 36.1 Å². The molecule has 6 nitrogen and oxygen atoms in total. The van der Waals surface area contributed by atoms with Gasteiger partial charge in [0.15, 0.2) is 0 Å². The van der Waals surface area contributed by atoms with E-state index < -0.39 is 0 Å². The Hall–Kier alpha value is -1.92. The lowest BCUT2D eigenvalue weighted by molar-refractivity contribution is -0.134. The minimum atomic E-state index is -0.304. The number of amides is 2. The number of nitrogens with zero attached hydrogens (tertiary/aromatic N) is 1. The molecule has 2 amide bonds. The largest absolute Gasteiger partial charge is 0.365 e. The molecule has 0 radical (unpaired) electrons. The van der Waals surface area contributed by atoms with E-state index in [1.54, 1.807) is 0 Å². The number of likely N-dealkylation sites (tertiary alicyclic amines) is 1. The Morgan fingerprint density at radius 3 is 2.38 bits per heavy atom. The van der Waals surface area contributed by atoms with Crippen molar-refractivity contribution in [1.82, 2.24) is 15.5 Å². The van der Waals surface area contributed by atoms with Crippen LogP contribution in [-0.2, 0) is 9.53 Å². The lowest BCUT2D eigenvalue weighted by Gasteiger charge is -2.33. The van der Waals surface area contributed by atoms with Gasteiger partial charge in [0.25, 0.3) is 5.91 Å². The van der Waals surface area contributed by atoms with Gasteiger partial charge in [-0.25, -0.2) is 0 Å². The van der Waals surface area contributed by atoms with Gasteiger partial charge >= 0.3 is 0 Å². The second-order valence-electron chi connectivity index (χ2n) is 8.77. The molecule has 2 N–H and O–H groups in total. The van der Waals surface area contributed by atoms with Crippen LogP contribution in [0.4, 0.5) is 0 Å². The van der Waals surface area contributed by atoms with Crippen LogP contribution < -0.4 is 10.6 Å². The Morgan fingerprint density at radius 2 is 1.69 bits per heavy atom. The van der Waals surface area contributed by atoms with Crippen LogP contribution in [0.25, 0.3) is 0 Å². The second kappa shape index (κ2) is 9.26. The summed E-state index contributed by atoms with van der Waals surface area (Å²) in [6.45, 7) is 5.50. The number of carbonyl (C=O) groups is 2. The third-order valence-corrected chi connectivity index (χ3v) is 6.68. The fourth-order valence-electron chi connectivity index (χ4n) is 4.82. The average molecular weight is 400 g/mol. The highest BCUT2D eigenvalue weighted by molar-refractivity contribution is 5.94. The second-order valence-corrected chi connectivity index (χ2v) is 8.77. The first-order valence-corrected chi connectivity index (χ1v) is 11.1. The third kappa shape index (κ3) is 4.98. The lowest BCUT2D eigenvalue weighted by atomic mass is 9.91. The lowest BCUT2D eigenvalue weighted by Crippen LogP contribution is -2.49. The van der Waals surface area contributed by atoms with Crippen LogP contribution in [0.15, 0.2) is 24.3 Å². The van der Waals surface area contributed by atoms with Gasteiger partial charge in [-0.2, -0.15) is 0 Å². The van der Waals surface area contributed by atoms with Crippen LogP contribution >= 0.6 is 0 Å². The molecule has 29 heavy (non-hydrogen) atoms. The van der Waals surface area contributed by atoms with E-state index >= 15 is 0 Å². The van der Waals surface area contributed by atoms with Gasteiger partial charge in [0.05, 0.1) is 6.10 Å². The van der Waals surface area contributed by atoms with Crippen molar-refractivity contribution in [3.8, 4) is 0 Å². The fourth-order valence-corrected chi connectivity index (χ4v) is 4.82. The summed E-state index contributed by atoms with van der Waals surface area (Å²) in [7, 11) is 0. The van der Waals surface area contributed by atoms with Crippen molar-refractivity contribution >= 4 is 11.8 Å². The number of ether oxygens (including phenoxy) is 1. The predicted octanol–water partition coefficient (Wildman–Crippen LogP) is 2.26. The molecule has 4 rings (SSSR count). The molecule has 3 fully saturated rings. The van der Waals surface area contributed by atoms with Gasteiger partial charge in [0.2, 0.25) is 5.91 Å². The fraction of sp³-hybridized carbons (Fsp3) is 0.652. The van der Waals surface area contributed by atoms with Gasteiger partial charge < -0.3 is 20.3 Å². The molecule has 3 aliphatic rings. The number of rotatable bonds is 4. The Kier molecular flexibility index (Phi) is 6.50. The summed E-state index contributed by atoms with van der Waals surface area (Å²) in [6.07, 6.45) is 5.64. The van der Waals surface area contributed by atoms with E-state index in [1.165, 1.54) is 0 Å². The zero-order valence-electron chi connectivity index (χ0n) is 17.4. The van der Waals surface area contributed by atoms with Gasteiger partial charge in [0.1, 0.15) is 6.10 Å². The summed E-state index contributed by atoms with van der Waals surface area (Å²) >= 11 is 0. The van der Waals surface area contributed by atoms with Crippen molar-refractivity contribution in [2.45, 2.75) is 63.7 Å². The maximum absolute atomic E-state index is 12.7. The number of benzene rings is 1. The molecule has 1 aromatic carbocycles. The van der Waals surface area contributed by atoms with E-state index in [2.05, 4.69) is 10.6 Å². The van der Waals surface area contributed by atoms with Crippen LogP contribution in [0.5, 0.6) is 0 Å². The average Bonchev–Trinajstić information content (AvgIpc) is 3.26.